The van der Waals surface area contributed by atoms with Crippen LogP contribution in [0.2, 0.25) is 0 Å². The number of carbonyl (C=O) groups excluding carboxylic acids is 1. The average molecular weight is 381 g/mol. The van der Waals surface area contributed by atoms with Gasteiger partial charge in [-0.25, -0.2) is 0 Å². The van der Waals surface area contributed by atoms with E-state index in [0.29, 0.717) is 5.75 Å². The van der Waals surface area contributed by atoms with E-state index in [0.717, 1.165) is 17.1 Å². The molecule has 140 valence electrons. The van der Waals surface area contributed by atoms with E-state index >= 15 is 0 Å². The molecule has 5 nitrogen and oxygen atoms in total. The highest BCUT2D eigenvalue weighted by Crippen LogP contribution is 2.21. The number of thioether (sulfide) groups is 1. The third-order valence-corrected chi connectivity index (χ3v) is 5.21. The molecule has 0 radical (unpaired) electrons. The average Bonchev–Trinajstić information content (AvgIpc) is 3.16. The van der Waals surface area contributed by atoms with Crippen LogP contribution in [0.25, 0.3) is 0 Å². The summed E-state index contributed by atoms with van der Waals surface area (Å²) in [7, 11) is 0. The summed E-state index contributed by atoms with van der Waals surface area (Å²) in [5.41, 5.74) is 2.30. The molecule has 0 saturated heterocycles. The lowest BCUT2D eigenvalue weighted by atomic mass is 9.99. The minimum atomic E-state index is -0.0651. The topological polar surface area (TPSA) is 59.8 Å². The predicted octanol–water partition coefficient (Wildman–Crippen LogP) is 4.05. The van der Waals surface area contributed by atoms with Gasteiger partial charge < -0.3 is 9.88 Å². The smallest absolute Gasteiger partial charge is 0.230 e. The lowest BCUT2D eigenvalue weighted by molar-refractivity contribution is -0.119. The largest absolute Gasteiger partial charge is 0.348 e. The summed E-state index contributed by atoms with van der Waals surface area (Å²) in [4.78, 5) is 12.6. The monoisotopic (exact) mass is 380 g/mol. The zero-order chi connectivity index (χ0) is 19.1. The molecule has 1 heterocycles. The number of hydrogen-bond acceptors (Lipinski definition) is 4. The lowest BCUT2D eigenvalue weighted by Gasteiger charge is -2.19. The van der Waals surface area contributed by atoms with E-state index in [4.69, 9.17) is 0 Å². The highest BCUT2D eigenvalue weighted by molar-refractivity contribution is 7.99. The molecule has 0 saturated carbocycles. The van der Waals surface area contributed by atoms with Gasteiger partial charge in [0, 0.05) is 6.04 Å². The van der Waals surface area contributed by atoms with Crippen LogP contribution in [-0.2, 0) is 11.2 Å². The summed E-state index contributed by atoms with van der Waals surface area (Å²) in [5.74, 6) is 0.298. The fraction of sp³-hybridized carbons (Fsp3) is 0.286. The fourth-order valence-electron chi connectivity index (χ4n) is 2.84. The van der Waals surface area contributed by atoms with Crippen LogP contribution in [0.15, 0.2) is 72.1 Å². The normalized spacial score (nSPS) is 12.1. The van der Waals surface area contributed by atoms with Crippen LogP contribution >= 0.6 is 11.8 Å². The second-order valence-corrected chi connectivity index (χ2v) is 7.57. The van der Waals surface area contributed by atoms with Crippen LogP contribution in [0, 0.1) is 0 Å². The lowest BCUT2D eigenvalue weighted by Crippen LogP contribution is -2.31. The second-order valence-electron chi connectivity index (χ2n) is 6.62. The first-order valence-electron chi connectivity index (χ1n) is 9.04. The zero-order valence-electron chi connectivity index (χ0n) is 15.6. The van der Waals surface area contributed by atoms with Gasteiger partial charge in [0.05, 0.1) is 11.8 Å². The number of carbonyl (C=O) groups is 1. The molecule has 0 aliphatic heterocycles. The van der Waals surface area contributed by atoms with Crippen molar-refractivity contribution in [2.75, 3.05) is 5.75 Å². The molecule has 2 aromatic carbocycles. The van der Waals surface area contributed by atoms with Crippen LogP contribution < -0.4 is 5.32 Å². The van der Waals surface area contributed by atoms with E-state index in [2.05, 4.69) is 53.6 Å². The maximum absolute atomic E-state index is 12.6. The van der Waals surface area contributed by atoms with Crippen molar-refractivity contribution in [2.24, 2.45) is 0 Å². The Morgan fingerprint density at radius 1 is 1.07 bits per heavy atom. The maximum atomic E-state index is 12.6. The molecule has 0 aliphatic rings. The third kappa shape index (κ3) is 5.44. The van der Waals surface area contributed by atoms with Crippen molar-refractivity contribution < 1.29 is 4.79 Å². The van der Waals surface area contributed by atoms with Crippen molar-refractivity contribution in [2.45, 2.75) is 37.5 Å². The molecule has 1 N–H and O–H groups in total. The number of aromatic nitrogens is 3. The molecule has 1 aromatic heterocycles. The van der Waals surface area contributed by atoms with Crippen molar-refractivity contribution in [3.63, 3.8) is 0 Å². The Bertz CT molecular complexity index is 849. The van der Waals surface area contributed by atoms with E-state index in [1.54, 1.807) is 6.33 Å². The molecular formula is C21H24N4OS. The molecule has 0 aliphatic carbocycles. The maximum Gasteiger partial charge on any atom is 0.230 e. The number of nitrogens with zero attached hydrogens (tertiary/aromatic N) is 3. The summed E-state index contributed by atoms with van der Waals surface area (Å²) >= 11 is 1.41. The molecule has 6 heteroatoms. The molecule has 1 atom stereocenters. The number of nitrogens with one attached hydrogen (secondary N) is 1. The molecule has 3 rings (SSSR count). The number of rotatable bonds is 8. The van der Waals surface area contributed by atoms with Crippen LogP contribution in [0.1, 0.15) is 37.1 Å². The Kier molecular flexibility index (Phi) is 6.65. The first kappa shape index (κ1) is 19.2. The molecule has 1 unspecified atom stereocenters. The van der Waals surface area contributed by atoms with Crippen molar-refractivity contribution >= 4 is 17.7 Å². The van der Waals surface area contributed by atoms with Gasteiger partial charge in [-0.05, 0) is 31.4 Å². The van der Waals surface area contributed by atoms with Gasteiger partial charge in [-0.1, -0.05) is 72.4 Å². The molecule has 0 bridgehead atoms. The summed E-state index contributed by atoms with van der Waals surface area (Å²) in [6.07, 6.45) is 2.45. The highest BCUT2D eigenvalue weighted by atomic mass is 32.2. The number of benzene rings is 2. The van der Waals surface area contributed by atoms with E-state index in [-0.39, 0.29) is 18.0 Å². The van der Waals surface area contributed by atoms with E-state index in [1.165, 1.54) is 17.3 Å². The molecule has 3 aromatic rings. The van der Waals surface area contributed by atoms with Crippen molar-refractivity contribution in [3.8, 4) is 0 Å². The number of hydrogen-bond donors (Lipinski definition) is 1. The van der Waals surface area contributed by atoms with Crippen molar-refractivity contribution in [1.29, 1.82) is 0 Å². The Morgan fingerprint density at radius 2 is 1.74 bits per heavy atom. The van der Waals surface area contributed by atoms with Gasteiger partial charge >= 0.3 is 0 Å². The van der Waals surface area contributed by atoms with Gasteiger partial charge in [0.2, 0.25) is 5.91 Å². The van der Waals surface area contributed by atoms with E-state index in [1.807, 2.05) is 41.0 Å². The first-order chi connectivity index (χ1) is 13.1. The van der Waals surface area contributed by atoms with Crippen LogP contribution in [-0.4, -0.2) is 26.4 Å². The van der Waals surface area contributed by atoms with Gasteiger partial charge in [0.1, 0.15) is 6.33 Å². The Morgan fingerprint density at radius 3 is 2.41 bits per heavy atom. The predicted molar refractivity (Wildman–Crippen MR) is 109 cm³/mol. The van der Waals surface area contributed by atoms with E-state index < -0.39 is 0 Å². The van der Waals surface area contributed by atoms with Crippen LogP contribution in [0.5, 0.6) is 0 Å². The Balaban J connectivity index is 1.66. The molecule has 0 fully saturated rings. The first-order valence-corrected chi connectivity index (χ1v) is 10.0. The van der Waals surface area contributed by atoms with Gasteiger partial charge in [0.15, 0.2) is 5.16 Å². The van der Waals surface area contributed by atoms with Crippen molar-refractivity contribution in [3.05, 3.63) is 78.1 Å². The SMILES string of the molecule is CC(C)n1cnnc1SCC(=O)NC(Cc1ccccc1)c1ccccc1. The molecule has 1 amide bonds. The third-order valence-electron chi connectivity index (χ3n) is 4.25. The zero-order valence-corrected chi connectivity index (χ0v) is 16.4. The van der Waals surface area contributed by atoms with Gasteiger partial charge in [-0.3, -0.25) is 4.79 Å². The molecular weight excluding hydrogens is 356 g/mol. The summed E-state index contributed by atoms with van der Waals surface area (Å²) in [6, 6.07) is 20.5. The highest BCUT2D eigenvalue weighted by Gasteiger charge is 2.17. The summed E-state index contributed by atoms with van der Waals surface area (Å²) in [6.45, 7) is 4.14. The fourth-order valence-corrected chi connectivity index (χ4v) is 3.70. The summed E-state index contributed by atoms with van der Waals surface area (Å²) < 4.78 is 1.97. The standard InChI is InChI=1S/C21H24N4OS/c1-16(2)25-15-22-24-21(25)27-14-20(26)23-19(18-11-7-4-8-12-18)13-17-9-5-3-6-10-17/h3-12,15-16,19H,13-14H2,1-2H3,(H,23,26). The molecule has 0 spiro atoms. The van der Waals surface area contributed by atoms with Gasteiger partial charge in [0.25, 0.3) is 0 Å². The second kappa shape index (κ2) is 9.37. The van der Waals surface area contributed by atoms with Crippen LogP contribution in [0.3, 0.4) is 0 Å². The quantitative estimate of drug-likeness (QED) is 0.599. The van der Waals surface area contributed by atoms with Gasteiger partial charge in [-0.2, -0.15) is 0 Å². The minimum absolute atomic E-state index is 0.0110. The summed E-state index contributed by atoms with van der Waals surface area (Å²) in [5, 5.41) is 12.0. The molecule has 27 heavy (non-hydrogen) atoms. The van der Waals surface area contributed by atoms with E-state index in [9.17, 15) is 4.79 Å². The number of amides is 1. The van der Waals surface area contributed by atoms with Crippen LogP contribution in [0.4, 0.5) is 0 Å². The van der Waals surface area contributed by atoms with Crippen molar-refractivity contribution in [1.82, 2.24) is 20.1 Å². The Hall–Kier alpha value is -2.60. The van der Waals surface area contributed by atoms with Gasteiger partial charge in [-0.15, -0.1) is 10.2 Å². The minimum Gasteiger partial charge on any atom is -0.348 e. The Labute approximate surface area is 164 Å².